The van der Waals surface area contributed by atoms with Gasteiger partial charge < -0.3 is 10.5 Å². The van der Waals surface area contributed by atoms with Crippen LogP contribution in [0.2, 0.25) is 5.02 Å². The van der Waals surface area contributed by atoms with E-state index in [-0.39, 0.29) is 5.41 Å². The molecule has 0 saturated heterocycles. The van der Waals surface area contributed by atoms with Gasteiger partial charge in [-0.3, -0.25) is 0 Å². The molecule has 0 fully saturated rings. The number of nitrogens with zero attached hydrogens (tertiary/aromatic N) is 1. The van der Waals surface area contributed by atoms with E-state index in [2.05, 4.69) is 41.7 Å². The number of halogens is 2. The van der Waals surface area contributed by atoms with E-state index in [1.165, 1.54) is 0 Å². The molecule has 2 rings (SSSR count). The Morgan fingerprint density at radius 3 is 2.52 bits per heavy atom. The van der Waals surface area contributed by atoms with E-state index in [4.69, 9.17) is 22.1 Å². The lowest BCUT2D eigenvalue weighted by molar-refractivity contribution is 0.451. The van der Waals surface area contributed by atoms with Crippen molar-refractivity contribution in [1.29, 1.82) is 0 Å². The Balaban J connectivity index is 2.39. The van der Waals surface area contributed by atoms with Crippen molar-refractivity contribution in [3.63, 3.8) is 0 Å². The number of ether oxygens (including phenoxy) is 1. The number of aromatic nitrogens is 1. The summed E-state index contributed by atoms with van der Waals surface area (Å²) in [6, 6.07) is 9.32. The van der Waals surface area contributed by atoms with Crippen LogP contribution in [0.4, 0.5) is 0 Å². The fourth-order valence-electron chi connectivity index (χ4n) is 1.78. The number of nitrogens with two attached hydrogens (primary N) is 1. The topological polar surface area (TPSA) is 48.1 Å². The number of hydrogen-bond acceptors (Lipinski definition) is 3. The van der Waals surface area contributed by atoms with Gasteiger partial charge in [0.25, 0.3) is 0 Å². The van der Waals surface area contributed by atoms with E-state index in [1.54, 1.807) is 12.1 Å². The monoisotopic (exact) mass is 368 g/mol. The maximum absolute atomic E-state index is 6.18. The summed E-state index contributed by atoms with van der Waals surface area (Å²) in [5.41, 5.74) is 7.60. The van der Waals surface area contributed by atoms with Gasteiger partial charge in [-0.25, -0.2) is 4.98 Å². The molecule has 1 aromatic carbocycles. The van der Waals surface area contributed by atoms with E-state index in [1.807, 2.05) is 18.2 Å². The van der Waals surface area contributed by atoms with E-state index >= 15 is 0 Å². The van der Waals surface area contributed by atoms with Gasteiger partial charge in [0.2, 0.25) is 5.88 Å². The summed E-state index contributed by atoms with van der Waals surface area (Å²) < 4.78 is 6.72. The highest BCUT2D eigenvalue weighted by atomic mass is 79.9. The van der Waals surface area contributed by atoms with Crippen LogP contribution in [0.1, 0.15) is 32.0 Å². The molecule has 1 heterocycles. The number of hydrogen-bond donors (Lipinski definition) is 1. The van der Waals surface area contributed by atoms with Gasteiger partial charge in [-0.15, -0.1) is 0 Å². The Kier molecular flexibility index (Phi) is 4.91. The van der Waals surface area contributed by atoms with Gasteiger partial charge in [0, 0.05) is 22.5 Å². The van der Waals surface area contributed by atoms with Crippen LogP contribution in [0.3, 0.4) is 0 Å². The second-order valence-corrected chi connectivity index (χ2v) is 7.15. The van der Waals surface area contributed by atoms with Crippen LogP contribution in [0.25, 0.3) is 0 Å². The lowest BCUT2D eigenvalue weighted by Crippen LogP contribution is -2.15. The van der Waals surface area contributed by atoms with Crippen molar-refractivity contribution in [2.45, 2.75) is 32.7 Å². The molecule has 0 bridgehead atoms. The highest BCUT2D eigenvalue weighted by Crippen LogP contribution is 2.32. The van der Waals surface area contributed by atoms with Gasteiger partial charge in [0.1, 0.15) is 5.75 Å². The van der Waals surface area contributed by atoms with Crippen LogP contribution >= 0.6 is 27.5 Å². The van der Waals surface area contributed by atoms with Crippen LogP contribution in [-0.4, -0.2) is 4.98 Å². The van der Waals surface area contributed by atoms with Gasteiger partial charge >= 0.3 is 0 Å². The molecule has 1 aromatic heterocycles. The molecule has 0 atom stereocenters. The molecule has 0 aliphatic carbocycles. The summed E-state index contributed by atoms with van der Waals surface area (Å²) in [5, 5.41) is 0.529. The van der Waals surface area contributed by atoms with E-state index in [9.17, 15) is 0 Å². The first-order chi connectivity index (χ1) is 9.79. The van der Waals surface area contributed by atoms with E-state index in [0.717, 1.165) is 15.7 Å². The summed E-state index contributed by atoms with van der Waals surface area (Å²) in [6.45, 7) is 6.75. The molecule has 5 heteroatoms. The second kappa shape index (κ2) is 6.34. The molecule has 0 saturated carbocycles. The molecule has 0 radical (unpaired) electrons. The van der Waals surface area contributed by atoms with Gasteiger partial charge in [-0.2, -0.15) is 0 Å². The minimum atomic E-state index is -0.0766. The molecule has 3 nitrogen and oxygen atoms in total. The van der Waals surface area contributed by atoms with E-state index < -0.39 is 0 Å². The highest BCUT2D eigenvalue weighted by Gasteiger charge is 2.18. The number of rotatable bonds is 3. The first-order valence-electron chi connectivity index (χ1n) is 6.64. The SMILES string of the molecule is CC(C)(C)c1cc(CN)cc(Oc2ccc(Br)cc2Cl)n1. The lowest BCUT2D eigenvalue weighted by Gasteiger charge is -2.19. The van der Waals surface area contributed by atoms with Crippen molar-refractivity contribution in [3.8, 4) is 11.6 Å². The predicted octanol–water partition coefficient (Wildman–Crippen LogP) is 5.05. The number of pyridine rings is 1. The predicted molar refractivity (Wildman–Crippen MR) is 90.1 cm³/mol. The van der Waals surface area contributed by atoms with Crippen molar-refractivity contribution in [3.05, 3.63) is 51.1 Å². The largest absolute Gasteiger partial charge is 0.437 e. The quantitative estimate of drug-likeness (QED) is 0.824. The van der Waals surface area contributed by atoms with Crippen LogP contribution < -0.4 is 10.5 Å². The Morgan fingerprint density at radius 1 is 1.24 bits per heavy atom. The number of benzene rings is 1. The molecule has 0 unspecified atom stereocenters. The molecule has 0 aliphatic rings. The minimum absolute atomic E-state index is 0.0766. The van der Waals surface area contributed by atoms with Crippen molar-refractivity contribution in [2.75, 3.05) is 0 Å². The molecule has 0 amide bonds. The zero-order chi connectivity index (χ0) is 15.6. The third-order valence-corrected chi connectivity index (χ3v) is 3.76. The van der Waals surface area contributed by atoms with Gasteiger partial charge in [0.15, 0.2) is 0 Å². The lowest BCUT2D eigenvalue weighted by atomic mass is 9.91. The van der Waals surface area contributed by atoms with Gasteiger partial charge in [-0.1, -0.05) is 48.3 Å². The van der Waals surface area contributed by atoms with Crippen molar-refractivity contribution in [2.24, 2.45) is 5.73 Å². The molecule has 0 spiro atoms. The fourth-order valence-corrected chi connectivity index (χ4v) is 2.50. The molecule has 112 valence electrons. The van der Waals surface area contributed by atoms with Crippen LogP contribution in [0.15, 0.2) is 34.8 Å². The van der Waals surface area contributed by atoms with Crippen molar-refractivity contribution in [1.82, 2.24) is 4.98 Å². The van der Waals surface area contributed by atoms with Crippen molar-refractivity contribution >= 4 is 27.5 Å². The first-order valence-corrected chi connectivity index (χ1v) is 7.81. The summed E-state index contributed by atoms with van der Waals surface area (Å²) in [5.74, 6) is 1.08. The maximum Gasteiger partial charge on any atom is 0.219 e. The standard InChI is InChI=1S/C16H18BrClN2O/c1-16(2,3)14-6-10(9-19)7-15(20-14)21-13-5-4-11(17)8-12(13)18/h4-8H,9,19H2,1-3H3. The Labute approximate surface area is 138 Å². The zero-order valence-electron chi connectivity index (χ0n) is 12.3. The summed E-state index contributed by atoms with van der Waals surface area (Å²) in [6.07, 6.45) is 0. The Hall–Kier alpha value is -1.10. The van der Waals surface area contributed by atoms with Crippen LogP contribution in [0.5, 0.6) is 11.6 Å². The molecular weight excluding hydrogens is 352 g/mol. The average Bonchev–Trinajstić information content (AvgIpc) is 2.40. The molecule has 0 aliphatic heterocycles. The van der Waals surface area contributed by atoms with Crippen LogP contribution in [-0.2, 0) is 12.0 Å². The second-order valence-electron chi connectivity index (χ2n) is 5.83. The molecular formula is C16H18BrClN2O. The van der Waals surface area contributed by atoms with E-state index in [0.29, 0.717) is 23.2 Å². The Morgan fingerprint density at radius 2 is 1.95 bits per heavy atom. The summed E-state index contributed by atoms with van der Waals surface area (Å²) >= 11 is 9.55. The smallest absolute Gasteiger partial charge is 0.219 e. The maximum atomic E-state index is 6.18. The zero-order valence-corrected chi connectivity index (χ0v) is 14.6. The minimum Gasteiger partial charge on any atom is -0.437 e. The third-order valence-electron chi connectivity index (χ3n) is 2.97. The molecule has 2 N–H and O–H groups in total. The molecule has 2 aromatic rings. The normalized spacial score (nSPS) is 11.5. The Bertz CT molecular complexity index is 653. The van der Waals surface area contributed by atoms with Gasteiger partial charge in [0.05, 0.1) is 10.7 Å². The summed E-state index contributed by atoms with van der Waals surface area (Å²) in [4.78, 5) is 4.56. The van der Waals surface area contributed by atoms with Crippen molar-refractivity contribution < 1.29 is 4.74 Å². The fraction of sp³-hybridized carbons (Fsp3) is 0.312. The van der Waals surface area contributed by atoms with Gasteiger partial charge in [-0.05, 0) is 29.8 Å². The van der Waals surface area contributed by atoms with Crippen LogP contribution in [0, 0.1) is 0 Å². The first kappa shape index (κ1) is 16.3. The highest BCUT2D eigenvalue weighted by molar-refractivity contribution is 9.10. The molecule has 21 heavy (non-hydrogen) atoms. The third kappa shape index (κ3) is 4.19. The average molecular weight is 370 g/mol. The summed E-state index contributed by atoms with van der Waals surface area (Å²) in [7, 11) is 0.